The van der Waals surface area contributed by atoms with E-state index in [9.17, 15) is 8.42 Å². The minimum atomic E-state index is -3.44. The second kappa shape index (κ2) is 4.37. The van der Waals surface area contributed by atoms with Crippen molar-refractivity contribution in [2.45, 2.75) is 31.0 Å². The second-order valence-electron chi connectivity index (χ2n) is 3.45. The number of thiazole rings is 1. The van der Waals surface area contributed by atoms with E-state index >= 15 is 0 Å². The van der Waals surface area contributed by atoms with Gasteiger partial charge in [0.05, 0.1) is 5.69 Å². The third kappa shape index (κ3) is 2.50. The summed E-state index contributed by atoms with van der Waals surface area (Å²) in [5.41, 5.74) is 0.456. The normalized spacial score (nSPS) is 12.7. The summed E-state index contributed by atoms with van der Waals surface area (Å²) in [5, 5.41) is 0. The van der Waals surface area contributed by atoms with Crippen molar-refractivity contribution in [2.24, 2.45) is 0 Å². The van der Waals surface area contributed by atoms with Gasteiger partial charge in [-0.1, -0.05) is 22.9 Å². The molecule has 0 radical (unpaired) electrons. The van der Waals surface area contributed by atoms with E-state index in [2.05, 4.69) is 4.98 Å². The van der Waals surface area contributed by atoms with Crippen LogP contribution in [0, 0.1) is 6.92 Å². The van der Waals surface area contributed by atoms with E-state index in [0.29, 0.717) is 5.69 Å². The van der Waals surface area contributed by atoms with Crippen LogP contribution in [0.2, 0.25) is 4.47 Å². The van der Waals surface area contributed by atoms with Crippen LogP contribution >= 0.6 is 22.9 Å². The fourth-order valence-corrected chi connectivity index (χ4v) is 4.27. The van der Waals surface area contributed by atoms with Crippen LogP contribution in [0.4, 0.5) is 0 Å². The Kier molecular flexibility index (Phi) is 3.76. The lowest BCUT2D eigenvalue weighted by molar-refractivity contribution is 0.411. The van der Waals surface area contributed by atoms with E-state index in [1.54, 1.807) is 14.0 Å². The molecule has 0 N–H and O–H groups in total. The lowest BCUT2D eigenvalue weighted by Crippen LogP contribution is -2.32. The Balaban J connectivity index is 3.23. The van der Waals surface area contributed by atoms with Gasteiger partial charge in [-0.15, -0.1) is 0 Å². The average Bonchev–Trinajstić information content (AvgIpc) is 2.44. The largest absolute Gasteiger partial charge is 0.254 e. The first-order valence-corrected chi connectivity index (χ1v) is 7.01. The summed E-state index contributed by atoms with van der Waals surface area (Å²) in [7, 11) is -1.89. The summed E-state index contributed by atoms with van der Waals surface area (Å²) < 4.78 is 25.9. The molecule has 7 heteroatoms. The first-order chi connectivity index (χ1) is 6.76. The molecule has 0 aliphatic carbocycles. The molecule has 0 fully saturated rings. The maximum atomic E-state index is 12.0. The molecule has 0 bridgehead atoms. The first-order valence-electron chi connectivity index (χ1n) is 4.37. The highest BCUT2D eigenvalue weighted by Crippen LogP contribution is 2.29. The van der Waals surface area contributed by atoms with Crippen LogP contribution in [0.5, 0.6) is 0 Å². The minimum Gasteiger partial charge on any atom is -0.229 e. The minimum absolute atomic E-state index is 0.0877. The van der Waals surface area contributed by atoms with Gasteiger partial charge in [0.25, 0.3) is 10.0 Å². The number of hydrogen-bond donors (Lipinski definition) is 0. The van der Waals surface area contributed by atoms with Gasteiger partial charge >= 0.3 is 0 Å². The molecule has 0 atom stereocenters. The molecule has 1 aromatic heterocycles. The molecule has 0 saturated heterocycles. The fourth-order valence-electron chi connectivity index (χ4n) is 0.998. The van der Waals surface area contributed by atoms with Gasteiger partial charge in [-0.05, 0) is 20.8 Å². The zero-order chi connectivity index (χ0) is 11.8. The summed E-state index contributed by atoms with van der Waals surface area (Å²) in [4.78, 5) is 3.90. The molecule has 0 spiro atoms. The van der Waals surface area contributed by atoms with Crippen molar-refractivity contribution in [2.75, 3.05) is 7.05 Å². The van der Waals surface area contributed by atoms with Gasteiger partial charge in [0.1, 0.15) is 0 Å². The van der Waals surface area contributed by atoms with Crippen molar-refractivity contribution < 1.29 is 8.42 Å². The highest BCUT2D eigenvalue weighted by Gasteiger charge is 2.27. The Bertz CT molecular complexity index is 453. The van der Waals surface area contributed by atoms with Crippen LogP contribution in [-0.4, -0.2) is 30.8 Å². The summed E-state index contributed by atoms with van der Waals surface area (Å²) in [6.07, 6.45) is 0. The Morgan fingerprint density at radius 2 is 2.00 bits per heavy atom. The standard InChI is InChI=1S/C8H13ClN2O2S2/c1-5(2)11(4)15(12,13)7-6(3)10-8(9)14-7/h5H,1-4H3. The van der Waals surface area contributed by atoms with Crippen LogP contribution < -0.4 is 0 Å². The number of hydrogen-bond acceptors (Lipinski definition) is 4. The van der Waals surface area contributed by atoms with Crippen LogP contribution in [0.15, 0.2) is 4.21 Å². The molecule has 0 unspecified atom stereocenters. The molecule has 86 valence electrons. The molecule has 0 amide bonds. The molecule has 1 heterocycles. The van der Waals surface area contributed by atoms with Gasteiger partial charge in [0.15, 0.2) is 8.68 Å². The number of halogens is 1. The van der Waals surface area contributed by atoms with Crippen molar-refractivity contribution in [3.8, 4) is 0 Å². The van der Waals surface area contributed by atoms with Gasteiger partial charge in [-0.2, -0.15) is 4.31 Å². The lowest BCUT2D eigenvalue weighted by Gasteiger charge is -2.19. The number of sulfonamides is 1. The molecule has 0 aliphatic heterocycles. The van der Waals surface area contributed by atoms with E-state index in [4.69, 9.17) is 11.6 Å². The van der Waals surface area contributed by atoms with E-state index in [0.717, 1.165) is 11.3 Å². The summed E-state index contributed by atoms with van der Waals surface area (Å²) in [5.74, 6) is 0. The van der Waals surface area contributed by atoms with E-state index in [1.165, 1.54) is 4.31 Å². The molecule has 1 rings (SSSR count). The van der Waals surface area contributed by atoms with Gasteiger partial charge < -0.3 is 0 Å². The molecule has 0 saturated carbocycles. The molecule has 1 aromatic rings. The molecule has 0 aliphatic rings. The summed E-state index contributed by atoms with van der Waals surface area (Å²) >= 11 is 6.67. The van der Waals surface area contributed by atoms with E-state index < -0.39 is 10.0 Å². The predicted octanol–water partition coefficient (Wildman–Crippen LogP) is 2.13. The number of nitrogens with zero attached hydrogens (tertiary/aromatic N) is 2. The highest BCUT2D eigenvalue weighted by atomic mass is 35.5. The predicted molar refractivity (Wildman–Crippen MR) is 61.9 cm³/mol. The Morgan fingerprint density at radius 3 is 2.33 bits per heavy atom. The van der Waals surface area contributed by atoms with Crippen molar-refractivity contribution in [3.05, 3.63) is 10.2 Å². The topological polar surface area (TPSA) is 50.3 Å². The molecule has 15 heavy (non-hydrogen) atoms. The Labute approximate surface area is 98.9 Å². The summed E-state index contributed by atoms with van der Waals surface area (Å²) in [6, 6.07) is -0.0877. The third-order valence-electron chi connectivity index (χ3n) is 2.07. The second-order valence-corrected chi connectivity index (χ2v) is 7.23. The van der Waals surface area contributed by atoms with Gasteiger partial charge in [0, 0.05) is 13.1 Å². The molecule has 4 nitrogen and oxygen atoms in total. The Hall–Kier alpha value is -0.170. The van der Waals surface area contributed by atoms with Gasteiger partial charge in [-0.25, -0.2) is 13.4 Å². The van der Waals surface area contributed by atoms with Crippen molar-refractivity contribution in [1.29, 1.82) is 0 Å². The number of aromatic nitrogens is 1. The van der Waals surface area contributed by atoms with Crippen molar-refractivity contribution in [3.63, 3.8) is 0 Å². The molecular formula is C8H13ClN2O2S2. The SMILES string of the molecule is Cc1nc(Cl)sc1S(=O)(=O)N(C)C(C)C. The maximum Gasteiger partial charge on any atom is 0.254 e. The lowest BCUT2D eigenvalue weighted by atomic mass is 10.4. The monoisotopic (exact) mass is 268 g/mol. The van der Waals surface area contributed by atoms with Crippen LogP contribution in [0.1, 0.15) is 19.5 Å². The van der Waals surface area contributed by atoms with E-state index in [-0.39, 0.29) is 14.7 Å². The molecular weight excluding hydrogens is 256 g/mol. The highest BCUT2D eigenvalue weighted by molar-refractivity contribution is 7.91. The Morgan fingerprint density at radius 1 is 1.47 bits per heavy atom. The van der Waals surface area contributed by atoms with Crippen molar-refractivity contribution >= 4 is 33.0 Å². The summed E-state index contributed by atoms with van der Waals surface area (Å²) in [6.45, 7) is 5.27. The quantitative estimate of drug-likeness (QED) is 0.844. The van der Waals surface area contributed by atoms with Crippen molar-refractivity contribution in [1.82, 2.24) is 9.29 Å². The molecule has 0 aromatic carbocycles. The van der Waals surface area contributed by atoms with Crippen LogP contribution in [0.25, 0.3) is 0 Å². The first kappa shape index (κ1) is 12.9. The van der Waals surface area contributed by atoms with Gasteiger partial charge in [0.2, 0.25) is 0 Å². The zero-order valence-corrected chi connectivity index (χ0v) is 11.4. The van der Waals surface area contributed by atoms with Gasteiger partial charge in [-0.3, -0.25) is 0 Å². The maximum absolute atomic E-state index is 12.0. The van der Waals surface area contributed by atoms with Crippen LogP contribution in [-0.2, 0) is 10.0 Å². The third-order valence-corrected chi connectivity index (χ3v) is 5.95. The van der Waals surface area contributed by atoms with E-state index in [1.807, 2.05) is 13.8 Å². The zero-order valence-electron chi connectivity index (χ0n) is 8.98. The smallest absolute Gasteiger partial charge is 0.229 e. The van der Waals surface area contributed by atoms with Crippen LogP contribution in [0.3, 0.4) is 0 Å². The number of rotatable bonds is 3. The fraction of sp³-hybridized carbons (Fsp3) is 0.625. The average molecular weight is 269 g/mol. The number of aryl methyl sites for hydroxylation is 1.